The Balaban J connectivity index is 0.000000646. The monoisotopic (exact) mass is 413 g/mol. The summed E-state index contributed by atoms with van der Waals surface area (Å²) in [6.45, 7) is 6.90. The van der Waals surface area contributed by atoms with E-state index in [9.17, 15) is 5.11 Å². The fraction of sp³-hybridized carbons (Fsp3) is 0.400. The summed E-state index contributed by atoms with van der Waals surface area (Å²) in [5, 5.41) is 11.2. The molecule has 2 atom stereocenters. The van der Waals surface area contributed by atoms with Gasteiger partial charge in [0.25, 0.3) is 0 Å². The van der Waals surface area contributed by atoms with Crippen LogP contribution in [0.15, 0.2) is 60.7 Å². The average molecular weight is 413 g/mol. The summed E-state index contributed by atoms with van der Waals surface area (Å²) in [5.41, 5.74) is 2.56. The van der Waals surface area contributed by atoms with Crippen LogP contribution in [0, 0.1) is 0 Å². The highest BCUT2D eigenvalue weighted by atomic mass is 32.3. The van der Waals surface area contributed by atoms with Crippen molar-refractivity contribution in [2.45, 2.75) is 32.5 Å². The van der Waals surface area contributed by atoms with E-state index in [2.05, 4.69) is 63.2 Å². The molecule has 2 rings (SSSR count). The molecule has 0 saturated carbocycles. The molecule has 0 bridgehead atoms. The minimum absolute atomic E-state index is 0.232. The Labute approximate surface area is 163 Å². The SMILES string of the molecule is CC[P+](CC)(CC)C(c1ccccc1)C(O)c1ccccc1.O=S(=O)(O)O. The normalized spacial score (nSPS) is 14.0. The van der Waals surface area contributed by atoms with Gasteiger partial charge in [0.05, 0.1) is 18.5 Å². The molecule has 0 heterocycles. The van der Waals surface area contributed by atoms with E-state index >= 15 is 0 Å². The lowest BCUT2D eigenvalue weighted by molar-refractivity contribution is 0.172. The second kappa shape index (κ2) is 10.9. The van der Waals surface area contributed by atoms with Gasteiger partial charge in [0, 0.05) is 7.26 Å². The highest BCUT2D eigenvalue weighted by Gasteiger charge is 2.46. The third-order valence-electron chi connectivity index (χ3n) is 5.06. The van der Waals surface area contributed by atoms with Crippen LogP contribution < -0.4 is 0 Å². The molecule has 5 nitrogen and oxygen atoms in total. The maximum atomic E-state index is 11.2. The standard InChI is InChI=1S/C20H28OP.H2O4S/c1-4-22(5-2,6-3)20(18-15-11-8-12-16-18)19(21)17-13-9-7-10-14-17;1-5(2,3)4/h7-16,19-21H,4-6H2,1-3H3;(H2,1,2,3,4)/q+1;. The molecule has 0 aliphatic carbocycles. The second-order valence-corrected chi connectivity index (χ2v) is 12.1. The Morgan fingerprint density at radius 3 is 1.44 bits per heavy atom. The van der Waals surface area contributed by atoms with E-state index in [0.29, 0.717) is 0 Å². The Bertz CT molecular complexity index is 745. The zero-order valence-corrected chi connectivity index (χ0v) is 17.8. The zero-order valence-electron chi connectivity index (χ0n) is 16.1. The van der Waals surface area contributed by atoms with Crippen LogP contribution in [0.3, 0.4) is 0 Å². The maximum Gasteiger partial charge on any atom is 0.394 e. The molecule has 0 amide bonds. The molecular formula is C20H30O5PS+. The molecule has 0 aliphatic heterocycles. The van der Waals surface area contributed by atoms with Crippen LogP contribution in [0.5, 0.6) is 0 Å². The predicted molar refractivity (Wildman–Crippen MR) is 113 cm³/mol. The van der Waals surface area contributed by atoms with Crippen molar-refractivity contribution in [1.82, 2.24) is 0 Å². The van der Waals surface area contributed by atoms with Gasteiger partial charge in [0.15, 0.2) is 0 Å². The Morgan fingerprint density at radius 1 is 0.778 bits per heavy atom. The van der Waals surface area contributed by atoms with Gasteiger partial charge < -0.3 is 5.11 Å². The topological polar surface area (TPSA) is 94.8 Å². The van der Waals surface area contributed by atoms with Crippen molar-refractivity contribution in [1.29, 1.82) is 0 Å². The van der Waals surface area contributed by atoms with E-state index in [1.54, 1.807) is 0 Å². The minimum atomic E-state index is -4.67. The summed E-state index contributed by atoms with van der Waals surface area (Å²) in [5.74, 6) is 0. The van der Waals surface area contributed by atoms with Gasteiger partial charge in [-0.05, 0) is 31.9 Å². The van der Waals surface area contributed by atoms with Crippen LogP contribution in [0.4, 0.5) is 0 Å². The van der Waals surface area contributed by atoms with Gasteiger partial charge >= 0.3 is 10.4 Å². The highest BCUT2D eigenvalue weighted by molar-refractivity contribution is 7.79. The molecule has 0 saturated heterocycles. The van der Waals surface area contributed by atoms with Crippen LogP contribution in [-0.4, -0.2) is 41.1 Å². The first-order valence-electron chi connectivity index (χ1n) is 9.02. The quantitative estimate of drug-likeness (QED) is 0.444. The van der Waals surface area contributed by atoms with Crippen LogP contribution in [0.1, 0.15) is 43.7 Å². The van der Waals surface area contributed by atoms with Gasteiger partial charge in [-0.25, -0.2) is 0 Å². The van der Waals surface area contributed by atoms with Crippen LogP contribution in [0.2, 0.25) is 0 Å². The molecule has 0 spiro atoms. The molecule has 0 fully saturated rings. The number of hydrogen-bond acceptors (Lipinski definition) is 3. The van der Waals surface area contributed by atoms with Gasteiger partial charge in [0.2, 0.25) is 0 Å². The Kier molecular flexibility index (Phi) is 9.57. The molecular weight excluding hydrogens is 383 g/mol. The lowest BCUT2D eigenvalue weighted by Gasteiger charge is -2.36. The molecule has 0 radical (unpaired) electrons. The zero-order chi connectivity index (χ0) is 20.5. The first kappa shape index (κ1) is 23.7. The van der Waals surface area contributed by atoms with Crippen molar-refractivity contribution in [3.63, 3.8) is 0 Å². The van der Waals surface area contributed by atoms with E-state index < -0.39 is 23.8 Å². The molecule has 7 heteroatoms. The summed E-state index contributed by atoms with van der Waals surface area (Å²) in [4.78, 5) is 0. The van der Waals surface area contributed by atoms with E-state index in [1.165, 1.54) is 24.0 Å². The van der Waals surface area contributed by atoms with Gasteiger partial charge in [-0.1, -0.05) is 60.7 Å². The molecule has 0 aromatic heterocycles. The van der Waals surface area contributed by atoms with Crippen molar-refractivity contribution in [3.05, 3.63) is 71.8 Å². The van der Waals surface area contributed by atoms with Crippen LogP contribution in [0.25, 0.3) is 0 Å². The van der Waals surface area contributed by atoms with Gasteiger partial charge in [-0.2, -0.15) is 8.42 Å². The van der Waals surface area contributed by atoms with Crippen molar-refractivity contribution in [2.24, 2.45) is 0 Å². The van der Waals surface area contributed by atoms with Crippen molar-refractivity contribution >= 4 is 17.7 Å². The van der Waals surface area contributed by atoms with Gasteiger partial charge in [0.1, 0.15) is 11.8 Å². The molecule has 150 valence electrons. The minimum Gasteiger partial charge on any atom is -0.384 e. The van der Waals surface area contributed by atoms with E-state index in [4.69, 9.17) is 17.5 Å². The lowest BCUT2D eigenvalue weighted by atomic mass is 10.0. The molecule has 2 aromatic carbocycles. The third kappa shape index (κ3) is 7.32. The van der Waals surface area contributed by atoms with Gasteiger partial charge in [-0.15, -0.1) is 0 Å². The first-order valence-corrected chi connectivity index (χ1v) is 12.8. The summed E-state index contributed by atoms with van der Waals surface area (Å²) < 4.78 is 31.6. The third-order valence-corrected chi connectivity index (χ3v) is 10.6. The number of aliphatic hydroxyl groups is 1. The molecule has 27 heavy (non-hydrogen) atoms. The summed E-state index contributed by atoms with van der Waals surface area (Å²) in [7, 11) is -5.91. The smallest absolute Gasteiger partial charge is 0.384 e. The molecule has 2 unspecified atom stereocenters. The summed E-state index contributed by atoms with van der Waals surface area (Å²) in [6, 6.07) is 20.8. The van der Waals surface area contributed by atoms with E-state index in [0.717, 1.165) is 5.56 Å². The number of hydrogen-bond donors (Lipinski definition) is 3. The largest absolute Gasteiger partial charge is 0.394 e. The Hall–Kier alpha value is -1.30. The first-order chi connectivity index (χ1) is 12.7. The van der Waals surface area contributed by atoms with E-state index in [1.807, 2.05) is 18.2 Å². The fourth-order valence-corrected chi connectivity index (χ4v) is 7.64. The van der Waals surface area contributed by atoms with Crippen molar-refractivity contribution < 1.29 is 22.6 Å². The van der Waals surface area contributed by atoms with Crippen molar-refractivity contribution in [3.8, 4) is 0 Å². The second-order valence-electron chi connectivity index (χ2n) is 6.33. The molecule has 2 aromatic rings. The van der Waals surface area contributed by atoms with Crippen molar-refractivity contribution in [2.75, 3.05) is 18.5 Å². The molecule has 3 N–H and O–H groups in total. The summed E-state index contributed by atoms with van der Waals surface area (Å²) in [6.07, 6.45) is 3.13. The molecule has 0 aliphatic rings. The van der Waals surface area contributed by atoms with Crippen LogP contribution >= 0.6 is 7.26 Å². The fourth-order valence-electron chi connectivity index (χ4n) is 3.54. The van der Waals surface area contributed by atoms with Crippen LogP contribution in [-0.2, 0) is 10.4 Å². The van der Waals surface area contributed by atoms with E-state index in [-0.39, 0.29) is 5.66 Å². The van der Waals surface area contributed by atoms with Gasteiger partial charge in [-0.3, -0.25) is 9.11 Å². The summed E-state index contributed by atoms with van der Waals surface area (Å²) >= 11 is 0. The number of aliphatic hydroxyl groups excluding tert-OH is 1. The lowest BCUT2D eigenvalue weighted by Crippen LogP contribution is -2.20. The Morgan fingerprint density at radius 2 is 1.11 bits per heavy atom. The number of benzene rings is 2. The average Bonchev–Trinajstić information content (AvgIpc) is 2.66. The predicted octanol–water partition coefficient (Wildman–Crippen LogP) is 4.89. The highest BCUT2D eigenvalue weighted by Crippen LogP contribution is 2.72. The maximum absolute atomic E-state index is 11.2. The number of rotatable bonds is 7.